The third-order valence-electron chi connectivity index (χ3n) is 3.24. The van der Waals surface area contributed by atoms with Crippen molar-refractivity contribution in [2.45, 2.75) is 19.0 Å². The normalized spacial score (nSPS) is 18.9. The van der Waals surface area contributed by atoms with Gasteiger partial charge in [0.1, 0.15) is 0 Å². The number of benzene rings is 1. The largest absolute Gasteiger partial charge is 0.298 e. The first-order chi connectivity index (χ1) is 9.09. The Morgan fingerprint density at radius 3 is 2.45 bits per heavy atom. The molecule has 0 saturated carbocycles. The number of hydrogen-bond acceptors (Lipinski definition) is 3. The molecule has 0 saturated heterocycles. The van der Waals surface area contributed by atoms with E-state index >= 15 is 0 Å². The highest BCUT2D eigenvalue weighted by molar-refractivity contribution is 6.03. The van der Waals surface area contributed by atoms with Gasteiger partial charge in [0.15, 0.2) is 0 Å². The lowest BCUT2D eigenvalue weighted by molar-refractivity contribution is -0.145. The zero-order valence-corrected chi connectivity index (χ0v) is 12.5. The van der Waals surface area contributed by atoms with Crippen LogP contribution in [0.2, 0.25) is 0 Å². The Morgan fingerprint density at radius 1 is 1.20 bits per heavy atom. The molecule has 4 nitrogen and oxygen atoms in total. The van der Waals surface area contributed by atoms with Crippen LogP contribution in [-0.4, -0.2) is 41.8 Å². The molecule has 1 atom stereocenters. The van der Waals surface area contributed by atoms with Crippen LogP contribution in [0.25, 0.3) is 0 Å². The summed E-state index contributed by atoms with van der Waals surface area (Å²) in [6.45, 7) is 0.327. The van der Waals surface area contributed by atoms with E-state index in [1.54, 1.807) is 6.08 Å². The van der Waals surface area contributed by atoms with Crippen molar-refractivity contribution in [1.82, 2.24) is 9.80 Å². The first-order valence-electron chi connectivity index (χ1n) is 6.32. The zero-order valence-electron chi connectivity index (χ0n) is 11.7. The molecule has 5 heteroatoms. The van der Waals surface area contributed by atoms with E-state index in [0.29, 0.717) is 13.0 Å². The van der Waals surface area contributed by atoms with Gasteiger partial charge in [-0.2, -0.15) is 0 Å². The molecule has 0 spiro atoms. The average Bonchev–Trinajstić information content (AvgIpc) is 2.53. The maximum absolute atomic E-state index is 12.4. The van der Waals surface area contributed by atoms with E-state index in [9.17, 15) is 9.59 Å². The fourth-order valence-corrected chi connectivity index (χ4v) is 2.13. The molecule has 1 heterocycles. The Morgan fingerprint density at radius 2 is 1.85 bits per heavy atom. The first kappa shape index (κ1) is 16.4. The fraction of sp³-hybridized carbons (Fsp3) is 0.333. The third-order valence-corrected chi connectivity index (χ3v) is 3.24. The predicted molar refractivity (Wildman–Crippen MR) is 80.5 cm³/mol. The summed E-state index contributed by atoms with van der Waals surface area (Å²) in [4.78, 5) is 27.6. The van der Waals surface area contributed by atoms with Gasteiger partial charge in [0.2, 0.25) is 5.91 Å². The Bertz CT molecular complexity index is 500. The summed E-state index contributed by atoms with van der Waals surface area (Å²) in [5, 5.41) is 0. The molecular formula is C15H19ClN2O2. The number of rotatable bonds is 3. The molecule has 2 rings (SSSR count). The van der Waals surface area contributed by atoms with Crippen molar-refractivity contribution in [3.8, 4) is 0 Å². The van der Waals surface area contributed by atoms with E-state index in [1.165, 1.54) is 11.0 Å². The van der Waals surface area contributed by atoms with Gasteiger partial charge >= 0.3 is 0 Å². The summed E-state index contributed by atoms with van der Waals surface area (Å²) in [5.74, 6) is -0.373. The second-order valence-corrected chi connectivity index (χ2v) is 4.87. The second kappa shape index (κ2) is 7.22. The van der Waals surface area contributed by atoms with Gasteiger partial charge in [-0.05, 0) is 32.2 Å². The molecule has 0 aliphatic carbocycles. The van der Waals surface area contributed by atoms with Gasteiger partial charge in [0.25, 0.3) is 5.91 Å². The minimum absolute atomic E-state index is 0. The van der Waals surface area contributed by atoms with Gasteiger partial charge in [-0.15, -0.1) is 12.4 Å². The second-order valence-electron chi connectivity index (χ2n) is 4.87. The maximum Gasteiger partial charge on any atom is 0.253 e. The highest BCUT2D eigenvalue weighted by Crippen LogP contribution is 2.14. The zero-order chi connectivity index (χ0) is 13.8. The average molecular weight is 295 g/mol. The molecule has 1 aliphatic rings. The van der Waals surface area contributed by atoms with Gasteiger partial charge in [0.05, 0.1) is 12.6 Å². The van der Waals surface area contributed by atoms with Crippen LogP contribution in [0.15, 0.2) is 42.5 Å². The smallest absolute Gasteiger partial charge is 0.253 e. The SMILES string of the molecule is CN(C)C1CC=CC(=O)N(Cc2ccccc2)C1=O.Cl. The molecule has 0 N–H and O–H groups in total. The van der Waals surface area contributed by atoms with E-state index in [2.05, 4.69) is 0 Å². The third kappa shape index (κ3) is 3.68. The van der Waals surface area contributed by atoms with Crippen LogP contribution in [0, 0.1) is 0 Å². The molecule has 1 aliphatic heterocycles. The Hall–Kier alpha value is -1.65. The molecular weight excluding hydrogens is 276 g/mol. The summed E-state index contributed by atoms with van der Waals surface area (Å²) in [6, 6.07) is 9.28. The van der Waals surface area contributed by atoms with E-state index in [0.717, 1.165) is 5.56 Å². The molecule has 2 amide bonds. The minimum atomic E-state index is -0.272. The summed E-state index contributed by atoms with van der Waals surface area (Å²) < 4.78 is 0. The monoisotopic (exact) mass is 294 g/mol. The number of hydrogen-bond donors (Lipinski definition) is 0. The van der Waals surface area contributed by atoms with Gasteiger partial charge in [-0.1, -0.05) is 36.4 Å². The minimum Gasteiger partial charge on any atom is -0.298 e. The predicted octanol–water partition coefficient (Wildman–Crippen LogP) is 1.85. The number of imide groups is 1. The molecule has 0 bridgehead atoms. The van der Waals surface area contributed by atoms with E-state index < -0.39 is 0 Å². The molecule has 108 valence electrons. The van der Waals surface area contributed by atoms with Crippen molar-refractivity contribution in [2.75, 3.05) is 14.1 Å². The first-order valence-corrected chi connectivity index (χ1v) is 6.32. The highest BCUT2D eigenvalue weighted by atomic mass is 35.5. The summed E-state index contributed by atoms with van der Waals surface area (Å²) in [7, 11) is 3.71. The van der Waals surface area contributed by atoms with Crippen LogP contribution in [0.5, 0.6) is 0 Å². The van der Waals surface area contributed by atoms with Gasteiger partial charge < -0.3 is 0 Å². The van der Waals surface area contributed by atoms with Crippen LogP contribution in [0.1, 0.15) is 12.0 Å². The molecule has 20 heavy (non-hydrogen) atoms. The molecule has 0 fully saturated rings. The van der Waals surface area contributed by atoms with Crippen molar-refractivity contribution < 1.29 is 9.59 Å². The summed E-state index contributed by atoms with van der Waals surface area (Å²) >= 11 is 0. The summed E-state index contributed by atoms with van der Waals surface area (Å²) in [5.41, 5.74) is 0.956. The fourth-order valence-electron chi connectivity index (χ4n) is 2.13. The Labute approximate surface area is 125 Å². The number of amides is 2. The lowest BCUT2D eigenvalue weighted by Crippen LogP contribution is -2.46. The molecule has 1 aromatic carbocycles. The molecule has 1 aromatic rings. The van der Waals surface area contributed by atoms with E-state index in [1.807, 2.05) is 49.3 Å². The number of carbonyl (C=O) groups excluding carboxylic acids is 2. The van der Waals surface area contributed by atoms with Gasteiger partial charge in [0, 0.05) is 0 Å². The summed E-state index contributed by atoms with van der Waals surface area (Å²) in [6.07, 6.45) is 3.84. The van der Waals surface area contributed by atoms with Crippen molar-refractivity contribution in [3.63, 3.8) is 0 Å². The van der Waals surface area contributed by atoms with Crippen LogP contribution in [-0.2, 0) is 16.1 Å². The number of halogens is 1. The number of likely N-dealkylation sites (N-methyl/N-ethyl adjacent to an activating group) is 1. The van der Waals surface area contributed by atoms with Crippen molar-refractivity contribution >= 4 is 24.2 Å². The van der Waals surface area contributed by atoms with Crippen molar-refractivity contribution in [2.24, 2.45) is 0 Å². The molecule has 1 unspecified atom stereocenters. The lowest BCUT2D eigenvalue weighted by Gasteiger charge is -2.26. The van der Waals surface area contributed by atoms with Crippen molar-refractivity contribution in [3.05, 3.63) is 48.0 Å². The van der Waals surface area contributed by atoms with Crippen LogP contribution < -0.4 is 0 Å². The standard InChI is InChI=1S/C15H18N2O2.ClH/c1-16(2)13-9-6-10-14(18)17(15(13)19)11-12-7-4-3-5-8-12;/h3-8,10,13H,9,11H2,1-2H3;1H. The van der Waals surface area contributed by atoms with E-state index in [-0.39, 0.29) is 30.3 Å². The highest BCUT2D eigenvalue weighted by Gasteiger charge is 2.30. The van der Waals surface area contributed by atoms with Crippen LogP contribution in [0.4, 0.5) is 0 Å². The topological polar surface area (TPSA) is 40.6 Å². The van der Waals surface area contributed by atoms with E-state index in [4.69, 9.17) is 0 Å². The van der Waals surface area contributed by atoms with Gasteiger partial charge in [-0.3, -0.25) is 19.4 Å². The molecule has 0 radical (unpaired) electrons. The Balaban J connectivity index is 0.00000200. The molecule has 0 aromatic heterocycles. The van der Waals surface area contributed by atoms with Crippen molar-refractivity contribution in [1.29, 1.82) is 0 Å². The van der Waals surface area contributed by atoms with Crippen LogP contribution >= 0.6 is 12.4 Å². The maximum atomic E-state index is 12.4. The quantitative estimate of drug-likeness (QED) is 0.799. The Kier molecular flexibility index (Phi) is 5.92. The number of nitrogens with zero attached hydrogens (tertiary/aromatic N) is 2. The van der Waals surface area contributed by atoms with Gasteiger partial charge in [-0.25, -0.2) is 0 Å². The number of carbonyl (C=O) groups is 2. The van der Waals surface area contributed by atoms with Crippen LogP contribution in [0.3, 0.4) is 0 Å². The lowest BCUT2D eigenvalue weighted by atomic mass is 10.1.